The van der Waals surface area contributed by atoms with Crippen LogP contribution in [0.3, 0.4) is 0 Å². The Balaban J connectivity index is 1.59. The first-order valence-electron chi connectivity index (χ1n) is 8.88. The van der Waals surface area contributed by atoms with Gasteiger partial charge in [0.15, 0.2) is 11.8 Å². The summed E-state index contributed by atoms with van der Waals surface area (Å²) in [6, 6.07) is 12.2. The van der Waals surface area contributed by atoms with Crippen molar-refractivity contribution in [3.8, 4) is 5.75 Å². The highest BCUT2D eigenvalue weighted by Crippen LogP contribution is 2.48. The standard InChI is InChI=1S/C20H17FN4O2S/c1-11-9-22-20-25(11)24-18(12-3-2-4-14(21)7-12)19(28-20)13-5-6-16-15(8-13)23-17(26)10-27-16/h2-9,18-19,24H,10H2,1H3,(H,23,26). The molecule has 0 aliphatic carbocycles. The highest BCUT2D eigenvalue weighted by atomic mass is 32.2. The van der Waals surface area contributed by atoms with Gasteiger partial charge in [0.2, 0.25) is 0 Å². The molecule has 142 valence electrons. The highest BCUT2D eigenvalue weighted by Gasteiger charge is 2.34. The molecule has 3 heterocycles. The fourth-order valence-electron chi connectivity index (χ4n) is 3.53. The summed E-state index contributed by atoms with van der Waals surface area (Å²) in [7, 11) is 0. The van der Waals surface area contributed by atoms with Crippen molar-refractivity contribution in [3.05, 3.63) is 71.3 Å². The average molecular weight is 396 g/mol. The second-order valence-corrected chi connectivity index (χ2v) is 7.92. The van der Waals surface area contributed by atoms with E-state index >= 15 is 0 Å². The van der Waals surface area contributed by atoms with Gasteiger partial charge in [0.1, 0.15) is 11.6 Å². The van der Waals surface area contributed by atoms with Crippen molar-refractivity contribution in [2.45, 2.75) is 23.4 Å². The maximum absolute atomic E-state index is 13.9. The van der Waals surface area contributed by atoms with E-state index in [9.17, 15) is 9.18 Å². The number of aryl methyl sites for hydroxylation is 1. The smallest absolute Gasteiger partial charge is 0.262 e. The molecule has 2 N–H and O–H groups in total. The van der Waals surface area contributed by atoms with Crippen LogP contribution in [0.4, 0.5) is 10.1 Å². The van der Waals surface area contributed by atoms with E-state index in [-0.39, 0.29) is 29.6 Å². The van der Waals surface area contributed by atoms with Gasteiger partial charge in [0.05, 0.1) is 28.9 Å². The average Bonchev–Trinajstić information content (AvgIpc) is 3.06. The SMILES string of the molecule is Cc1cnc2n1NC(c1cccc(F)c1)C(c1ccc3c(c1)NC(=O)CO3)S2. The summed E-state index contributed by atoms with van der Waals surface area (Å²) in [6.07, 6.45) is 1.81. The number of fused-ring (bicyclic) bond motifs is 2. The summed E-state index contributed by atoms with van der Waals surface area (Å²) >= 11 is 1.60. The number of nitrogens with one attached hydrogen (secondary N) is 2. The van der Waals surface area contributed by atoms with Gasteiger partial charge in [-0.1, -0.05) is 30.0 Å². The second-order valence-electron chi connectivity index (χ2n) is 6.81. The van der Waals surface area contributed by atoms with Crippen LogP contribution in [0, 0.1) is 12.7 Å². The fraction of sp³-hybridized carbons (Fsp3) is 0.200. The first-order valence-corrected chi connectivity index (χ1v) is 9.76. The Hall–Kier alpha value is -3.00. The van der Waals surface area contributed by atoms with Crippen LogP contribution in [0.5, 0.6) is 5.75 Å². The Kier molecular flexibility index (Phi) is 4.01. The summed E-state index contributed by atoms with van der Waals surface area (Å²) in [5, 5.41) is 3.62. The monoisotopic (exact) mass is 396 g/mol. The van der Waals surface area contributed by atoms with Crippen LogP contribution in [-0.2, 0) is 4.79 Å². The predicted molar refractivity (Wildman–Crippen MR) is 105 cm³/mol. The van der Waals surface area contributed by atoms with E-state index in [1.54, 1.807) is 30.1 Å². The minimum absolute atomic E-state index is 0.0225. The van der Waals surface area contributed by atoms with Crippen LogP contribution in [-0.4, -0.2) is 22.2 Å². The summed E-state index contributed by atoms with van der Waals surface area (Å²) in [5.74, 6) is 0.200. The Morgan fingerprint density at radius 3 is 3.00 bits per heavy atom. The van der Waals surface area contributed by atoms with E-state index in [0.29, 0.717) is 11.4 Å². The molecule has 0 radical (unpaired) electrons. The summed E-state index contributed by atoms with van der Waals surface area (Å²) in [6.45, 7) is 1.99. The van der Waals surface area contributed by atoms with Crippen LogP contribution in [0.25, 0.3) is 0 Å². The van der Waals surface area contributed by atoms with Gasteiger partial charge in [0.25, 0.3) is 5.91 Å². The Morgan fingerprint density at radius 2 is 2.14 bits per heavy atom. The van der Waals surface area contributed by atoms with Crippen molar-refractivity contribution in [2.24, 2.45) is 0 Å². The number of nitrogens with zero attached hydrogens (tertiary/aromatic N) is 2. The molecule has 0 saturated carbocycles. The van der Waals surface area contributed by atoms with Crippen molar-refractivity contribution in [1.82, 2.24) is 9.66 Å². The molecule has 1 aromatic heterocycles. The fourth-order valence-corrected chi connectivity index (χ4v) is 4.81. The Morgan fingerprint density at radius 1 is 1.25 bits per heavy atom. The summed E-state index contributed by atoms with van der Waals surface area (Å²) in [5.41, 5.74) is 6.94. The molecule has 1 amide bonds. The molecule has 3 aromatic rings. The quantitative estimate of drug-likeness (QED) is 0.690. The molecule has 2 atom stereocenters. The third kappa shape index (κ3) is 2.90. The van der Waals surface area contributed by atoms with Crippen LogP contribution < -0.4 is 15.5 Å². The van der Waals surface area contributed by atoms with E-state index in [4.69, 9.17) is 4.74 Å². The van der Waals surface area contributed by atoms with Gasteiger partial charge in [-0.05, 0) is 42.3 Å². The van der Waals surface area contributed by atoms with Crippen LogP contribution in [0.2, 0.25) is 0 Å². The van der Waals surface area contributed by atoms with Crippen LogP contribution >= 0.6 is 11.8 Å². The number of imidazole rings is 1. The zero-order chi connectivity index (χ0) is 19.3. The van der Waals surface area contributed by atoms with Crippen LogP contribution in [0.1, 0.15) is 28.1 Å². The maximum atomic E-state index is 13.9. The number of benzene rings is 2. The molecule has 0 spiro atoms. The number of hydrogen-bond acceptors (Lipinski definition) is 5. The van der Waals surface area contributed by atoms with Gasteiger partial charge < -0.3 is 15.5 Å². The minimum atomic E-state index is -0.276. The zero-order valence-corrected chi connectivity index (χ0v) is 15.8. The van der Waals surface area contributed by atoms with Gasteiger partial charge in [-0.15, -0.1) is 0 Å². The van der Waals surface area contributed by atoms with E-state index in [1.165, 1.54) is 6.07 Å². The highest BCUT2D eigenvalue weighted by molar-refractivity contribution is 7.99. The van der Waals surface area contributed by atoms with Crippen molar-refractivity contribution < 1.29 is 13.9 Å². The first kappa shape index (κ1) is 17.1. The van der Waals surface area contributed by atoms with Gasteiger partial charge in [0, 0.05) is 0 Å². The molecule has 0 fully saturated rings. The molecule has 5 rings (SSSR count). The molecule has 2 aromatic carbocycles. The number of thioether (sulfide) groups is 1. The molecule has 6 nitrogen and oxygen atoms in total. The van der Waals surface area contributed by atoms with Crippen LogP contribution in [0.15, 0.2) is 53.8 Å². The lowest BCUT2D eigenvalue weighted by atomic mass is 9.97. The number of carbonyl (C=O) groups excluding carboxylic acids is 1. The number of ether oxygens (including phenoxy) is 1. The first-order chi connectivity index (χ1) is 13.6. The van der Waals surface area contributed by atoms with Gasteiger partial charge in [-0.3, -0.25) is 4.79 Å². The van der Waals surface area contributed by atoms with E-state index in [0.717, 1.165) is 22.0 Å². The second kappa shape index (κ2) is 6.56. The maximum Gasteiger partial charge on any atom is 0.262 e. The molecule has 2 aliphatic rings. The number of aromatic nitrogens is 2. The third-order valence-corrected chi connectivity index (χ3v) is 6.18. The Bertz CT molecular complexity index is 1080. The van der Waals surface area contributed by atoms with Gasteiger partial charge in [-0.25, -0.2) is 14.1 Å². The minimum Gasteiger partial charge on any atom is -0.482 e. The van der Waals surface area contributed by atoms with E-state index in [2.05, 4.69) is 15.7 Å². The van der Waals surface area contributed by atoms with Gasteiger partial charge >= 0.3 is 0 Å². The number of hydrogen-bond donors (Lipinski definition) is 2. The number of anilines is 1. The molecule has 28 heavy (non-hydrogen) atoms. The van der Waals surface area contributed by atoms with Crippen molar-refractivity contribution >= 4 is 23.4 Å². The molecular weight excluding hydrogens is 379 g/mol. The number of rotatable bonds is 2. The van der Waals surface area contributed by atoms with Crippen molar-refractivity contribution in [2.75, 3.05) is 17.3 Å². The molecule has 0 bridgehead atoms. The molecule has 2 aliphatic heterocycles. The number of amides is 1. The Labute approximate surface area is 165 Å². The lowest BCUT2D eigenvalue weighted by Gasteiger charge is -2.35. The number of halogens is 1. The lowest BCUT2D eigenvalue weighted by Crippen LogP contribution is -2.31. The van der Waals surface area contributed by atoms with Crippen molar-refractivity contribution in [1.29, 1.82) is 0 Å². The van der Waals surface area contributed by atoms with Crippen molar-refractivity contribution in [3.63, 3.8) is 0 Å². The summed E-state index contributed by atoms with van der Waals surface area (Å²) < 4.78 is 21.3. The summed E-state index contributed by atoms with van der Waals surface area (Å²) in [4.78, 5) is 16.2. The lowest BCUT2D eigenvalue weighted by molar-refractivity contribution is -0.118. The van der Waals surface area contributed by atoms with E-state index in [1.807, 2.05) is 35.9 Å². The third-order valence-electron chi connectivity index (χ3n) is 4.88. The van der Waals surface area contributed by atoms with Gasteiger partial charge in [-0.2, -0.15) is 0 Å². The predicted octanol–water partition coefficient (Wildman–Crippen LogP) is 3.79. The largest absolute Gasteiger partial charge is 0.482 e. The molecular formula is C20H17FN4O2S. The molecule has 8 heteroatoms. The topological polar surface area (TPSA) is 68.2 Å². The molecule has 2 unspecified atom stereocenters. The molecule has 0 saturated heterocycles. The zero-order valence-electron chi connectivity index (χ0n) is 15.0. The van der Waals surface area contributed by atoms with E-state index < -0.39 is 0 Å². The normalized spacial score (nSPS) is 20.4. The number of carbonyl (C=O) groups is 1.